The van der Waals surface area contributed by atoms with Crippen LogP contribution in [0.1, 0.15) is 39.4 Å². The van der Waals surface area contributed by atoms with Crippen molar-refractivity contribution in [2.75, 3.05) is 5.32 Å². The van der Waals surface area contributed by atoms with E-state index in [1.165, 1.54) is 34.9 Å². The summed E-state index contributed by atoms with van der Waals surface area (Å²) < 4.78 is 4.15. The van der Waals surface area contributed by atoms with Gasteiger partial charge in [-0.15, -0.1) is 0 Å². The zero-order chi connectivity index (χ0) is 21.1. The van der Waals surface area contributed by atoms with Crippen LogP contribution >= 0.6 is 0 Å². The van der Waals surface area contributed by atoms with E-state index < -0.39 is 23.8 Å². The van der Waals surface area contributed by atoms with Crippen LogP contribution < -0.4 is 10.6 Å². The summed E-state index contributed by atoms with van der Waals surface area (Å²) in [6, 6.07) is -0.913. The predicted octanol–water partition coefficient (Wildman–Crippen LogP) is 0.178. The molecule has 2 amide bonds. The molecule has 0 radical (unpaired) electrons. The van der Waals surface area contributed by atoms with Crippen LogP contribution in [0.15, 0.2) is 31.0 Å². The van der Waals surface area contributed by atoms with Gasteiger partial charge in [0.2, 0.25) is 0 Å². The molecule has 0 aliphatic rings. The zero-order valence-corrected chi connectivity index (χ0v) is 16.0. The third-order valence-electron chi connectivity index (χ3n) is 4.23. The number of carbonyl (C=O) groups excluding carboxylic acids is 2. The summed E-state index contributed by atoms with van der Waals surface area (Å²) in [6.45, 7) is 1.72. The largest absolute Gasteiger partial charge is 0.480 e. The Morgan fingerprint density at radius 2 is 1.83 bits per heavy atom. The third kappa shape index (κ3) is 4.31. The van der Waals surface area contributed by atoms with Crippen LogP contribution in [0.2, 0.25) is 0 Å². The molecule has 12 nitrogen and oxygen atoms in total. The molecule has 0 aromatic carbocycles. The van der Waals surface area contributed by atoms with Gasteiger partial charge in [-0.2, -0.15) is 15.3 Å². The van der Waals surface area contributed by atoms with Crippen molar-refractivity contribution < 1.29 is 19.5 Å². The number of aryl methyl sites for hydroxylation is 2. The van der Waals surface area contributed by atoms with Crippen molar-refractivity contribution in [1.82, 2.24) is 34.7 Å². The number of anilines is 1. The molecule has 0 saturated heterocycles. The van der Waals surface area contributed by atoms with Crippen LogP contribution in [-0.2, 0) is 25.4 Å². The second-order valence-corrected chi connectivity index (χ2v) is 6.41. The minimum absolute atomic E-state index is 0.156. The van der Waals surface area contributed by atoms with Gasteiger partial charge in [-0.1, -0.05) is 0 Å². The molecule has 0 fully saturated rings. The maximum absolute atomic E-state index is 12.6. The van der Waals surface area contributed by atoms with E-state index in [0.717, 1.165) is 5.56 Å². The van der Waals surface area contributed by atoms with Crippen molar-refractivity contribution in [1.29, 1.82) is 0 Å². The van der Waals surface area contributed by atoms with E-state index in [1.54, 1.807) is 31.2 Å². The molecule has 1 unspecified atom stereocenters. The van der Waals surface area contributed by atoms with E-state index in [9.17, 15) is 14.4 Å². The Balaban J connectivity index is 1.71. The van der Waals surface area contributed by atoms with E-state index in [-0.39, 0.29) is 23.5 Å². The average Bonchev–Trinajstić information content (AvgIpc) is 3.39. The SMILES string of the molecule is CC(C(=O)O)n1cc(C(=O)Nc2cnn(C)c2C(=O)NCc2cnn(C)c2)cn1. The third-order valence-corrected chi connectivity index (χ3v) is 4.23. The highest BCUT2D eigenvalue weighted by atomic mass is 16.4. The van der Waals surface area contributed by atoms with Gasteiger partial charge in [0.1, 0.15) is 11.7 Å². The molecule has 152 valence electrons. The van der Waals surface area contributed by atoms with Crippen LogP contribution in [0.3, 0.4) is 0 Å². The topological polar surface area (TPSA) is 149 Å². The number of aromatic nitrogens is 6. The zero-order valence-electron chi connectivity index (χ0n) is 16.0. The predicted molar refractivity (Wildman–Crippen MR) is 100 cm³/mol. The molecule has 0 bridgehead atoms. The van der Waals surface area contributed by atoms with Crippen molar-refractivity contribution in [3.8, 4) is 0 Å². The van der Waals surface area contributed by atoms with Gasteiger partial charge in [0.25, 0.3) is 11.8 Å². The summed E-state index contributed by atoms with van der Waals surface area (Å²) in [4.78, 5) is 36.1. The summed E-state index contributed by atoms with van der Waals surface area (Å²) >= 11 is 0. The van der Waals surface area contributed by atoms with E-state index in [1.807, 2.05) is 0 Å². The first kappa shape index (κ1) is 19.8. The van der Waals surface area contributed by atoms with Crippen LogP contribution in [0, 0.1) is 0 Å². The highest BCUT2D eigenvalue weighted by Crippen LogP contribution is 2.16. The van der Waals surface area contributed by atoms with Gasteiger partial charge in [0.15, 0.2) is 0 Å². The van der Waals surface area contributed by atoms with Crippen LogP contribution in [0.25, 0.3) is 0 Å². The minimum atomic E-state index is -1.07. The number of hydrogen-bond donors (Lipinski definition) is 3. The van der Waals surface area contributed by atoms with Gasteiger partial charge in [0, 0.05) is 38.6 Å². The molecular formula is C17H20N8O4. The lowest BCUT2D eigenvalue weighted by molar-refractivity contribution is -0.140. The van der Waals surface area contributed by atoms with Gasteiger partial charge < -0.3 is 15.7 Å². The van der Waals surface area contributed by atoms with E-state index >= 15 is 0 Å². The molecule has 0 aliphatic heterocycles. The number of carboxylic acid groups (broad SMARTS) is 1. The summed E-state index contributed by atoms with van der Waals surface area (Å²) in [7, 11) is 3.36. The van der Waals surface area contributed by atoms with Gasteiger partial charge in [-0.05, 0) is 6.92 Å². The molecule has 1 atom stereocenters. The Bertz CT molecular complexity index is 1060. The number of nitrogens with one attached hydrogen (secondary N) is 2. The molecule has 3 aromatic rings. The maximum Gasteiger partial charge on any atom is 0.328 e. The quantitative estimate of drug-likeness (QED) is 0.512. The fraction of sp³-hybridized carbons (Fsp3) is 0.294. The number of rotatable bonds is 7. The van der Waals surface area contributed by atoms with Gasteiger partial charge in [0.05, 0.1) is 29.8 Å². The number of nitrogens with zero attached hydrogens (tertiary/aromatic N) is 6. The number of carbonyl (C=O) groups is 3. The second-order valence-electron chi connectivity index (χ2n) is 6.41. The Hall–Kier alpha value is -3.96. The van der Waals surface area contributed by atoms with Gasteiger partial charge in [-0.25, -0.2) is 4.79 Å². The summed E-state index contributed by atoms with van der Waals surface area (Å²) in [5.41, 5.74) is 1.38. The molecule has 0 aliphatic carbocycles. The van der Waals surface area contributed by atoms with Gasteiger partial charge in [-0.3, -0.25) is 23.6 Å². The average molecular weight is 400 g/mol. The number of carboxylic acids is 1. The lowest BCUT2D eigenvalue weighted by Gasteiger charge is -2.08. The molecule has 3 rings (SSSR count). The number of amides is 2. The molecule has 3 N–H and O–H groups in total. The van der Waals surface area contributed by atoms with Crippen molar-refractivity contribution in [3.05, 3.63) is 47.8 Å². The van der Waals surface area contributed by atoms with Crippen LogP contribution in [0.5, 0.6) is 0 Å². The number of hydrogen-bond acceptors (Lipinski definition) is 6. The highest BCUT2D eigenvalue weighted by molar-refractivity contribution is 6.08. The maximum atomic E-state index is 12.6. The summed E-state index contributed by atoms with van der Waals surface area (Å²) in [5.74, 6) is -2.03. The van der Waals surface area contributed by atoms with E-state index in [0.29, 0.717) is 0 Å². The Morgan fingerprint density at radius 1 is 1.07 bits per heavy atom. The minimum Gasteiger partial charge on any atom is -0.480 e. The van der Waals surface area contributed by atoms with Crippen molar-refractivity contribution in [2.45, 2.75) is 19.5 Å². The lowest BCUT2D eigenvalue weighted by Crippen LogP contribution is -2.26. The van der Waals surface area contributed by atoms with E-state index in [4.69, 9.17) is 5.11 Å². The molecular weight excluding hydrogens is 380 g/mol. The molecule has 3 aromatic heterocycles. The van der Waals surface area contributed by atoms with Crippen molar-refractivity contribution >= 4 is 23.5 Å². The first-order valence-corrected chi connectivity index (χ1v) is 8.62. The standard InChI is InChI=1S/C17H20N8O4/c1-10(17(28)29)25-9-12(6-21-25)15(26)22-13-7-20-24(3)14(13)16(27)18-4-11-5-19-23(2)8-11/h5-10H,4H2,1-3H3,(H,18,27)(H,22,26)(H,28,29). The van der Waals surface area contributed by atoms with Crippen molar-refractivity contribution in [2.24, 2.45) is 14.1 Å². The fourth-order valence-electron chi connectivity index (χ4n) is 2.60. The van der Waals surface area contributed by atoms with Crippen LogP contribution in [-0.4, -0.2) is 52.2 Å². The van der Waals surface area contributed by atoms with Crippen molar-refractivity contribution in [3.63, 3.8) is 0 Å². The molecule has 12 heteroatoms. The first-order valence-electron chi connectivity index (χ1n) is 8.62. The Labute approximate surface area is 165 Å². The molecule has 29 heavy (non-hydrogen) atoms. The summed E-state index contributed by atoms with van der Waals surface area (Å²) in [6.07, 6.45) is 7.37. The van der Waals surface area contributed by atoms with Gasteiger partial charge >= 0.3 is 5.97 Å². The lowest BCUT2D eigenvalue weighted by atomic mass is 10.2. The monoisotopic (exact) mass is 400 g/mol. The Morgan fingerprint density at radius 3 is 2.48 bits per heavy atom. The van der Waals surface area contributed by atoms with Crippen LogP contribution in [0.4, 0.5) is 5.69 Å². The molecule has 3 heterocycles. The molecule has 0 saturated carbocycles. The Kier molecular flexibility index (Phi) is 5.43. The first-order chi connectivity index (χ1) is 13.8. The highest BCUT2D eigenvalue weighted by Gasteiger charge is 2.21. The smallest absolute Gasteiger partial charge is 0.328 e. The normalized spacial score (nSPS) is 11.8. The second kappa shape index (κ2) is 7.96. The number of aliphatic carboxylic acids is 1. The fourth-order valence-corrected chi connectivity index (χ4v) is 2.60. The molecule has 0 spiro atoms. The van der Waals surface area contributed by atoms with E-state index in [2.05, 4.69) is 25.9 Å². The summed E-state index contributed by atoms with van der Waals surface area (Å²) in [5, 5.41) is 26.4.